The summed E-state index contributed by atoms with van der Waals surface area (Å²) in [5.74, 6) is -2.07. The molecular weight excluding hydrogens is 358 g/mol. The van der Waals surface area contributed by atoms with Crippen molar-refractivity contribution < 1.29 is 26.9 Å². The van der Waals surface area contributed by atoms with Crippen molar-refractivity contribution >= 4 is 15.7 Å². The monoisotopic (exact) mass is 372 g/mol. The number of methoxy groups -OCH3 is 1. The summed E-state index contributed by atoms with van der Waals surface area (Å²) in [6.45, 7) is 1.40. The molecule has 0 heterocycles. The Morgan fingerprint density at radius 2 is 1.84 bits per heavy atom. The molecule has 1 atom stereocenters. The van der Waals surface area contributed by atoms with Crippen molar-refractivity contribution in [3.05, 3.63) is 63.7 Å². The van der Waals surface area contributed by atoms with E-state index in [0.29, 0.717) is 0 Å². The van der Waals surface area contributed by atoms with Gasteiger partial charge in [-0.25, -0.2) is 21.9 Å². The predicted octanol–water partition coefficient (Wildman–Crippen LogP) is 2.92. The van der Waals surface area contributed by atoms with Crippen LogP contribution in [0.2, 0.25) is 0 Å². The van der Waals surface area contributed by atoms with Gasteiger partial charge in [0.2, 0.25) is 10.0 Å². The fraction of sp³-hybridized carbons (Fsp3) is 0.200. The third-order valence-corrected chi connectivity index (χ3v) is 5.02. The number of nitrogens with zero attached hydrogens (tertiary/aromatic N) is 1. The van der Waals surface area contributed by atoms with Crippen LogP contribution in [-0.4, -0.2) is 20.5 Å². The van der Waals surface area contributed by atoms with Crippen LogP contribution in [0.25, 0.3) is 0 Å². The Bertz CT molecular complexity index is 918. The Hall–Kier alpha value is -2.59. The maximum atomic E-state index is 13.3. The van der Waals surface area contributed by atoms with Gasteiger partial charge in [0.25, 0.3) is 5.69 Å². The fourth-order valence-electron chi connectivity index (χ4n) is 2.14. The molecule has 0 fully saturated rings. The van der Waals surface area contributed by atoms with E-state index >= 15 is 0 Å². The average Bonchev–Trinajstić information content (AvgIpc) is 2.56. The molecule has 0 aliphatic carbocycles. The van der Waals surface area contributed by atoms with Gasteiger partial charge in [-0.2, -0.15) is 0 Å². The van der Waals surface area contributed by atoms with E-state index in [9.17, 15) is 27.3 Å². The number of nitrogens with one attached hydrogen (secondary N) is 1. The van der Waals surface area contributed by atoms with Crippen molar-refractivity contribution in [2.24, 2.45) is 0 Å². The lowest BCUT2D eigenvalue weighted by Crippen LogP contribution is -2.27. The second-order valence-electron chi connectivity index (χ2n) is 5.11. The van der Waals surface area contributed by atoms with Crippen LogP contribution in [0.15, 0.2) is 41.3 Å². The second kappa shape index (κ2) is 7.11. The van der Waals surface area contributed by atoms with Crippen molar-refractivity contribution in [2.45, 2.75) is 17.9 Å². The zero-order chi connectivity index (χ0) is 18.8. The lowest BCUT2D eigenvalue weighted by atomic mass is 10.1. The molecule has 2 aromatic carbocycles. The fourth-order valence-corrected chi connectivity index (χ4v) is 3.52. The quantitative estimate of drug-likeness (QED) is 0.621. The van der Waals surface area contributed by atoms with Crippen molar-refractivity contribution in [1.82, 2.24) is 4.72 Å². The Kier molecular flexibility index (Phi) is 5.33. The van der Waals surface area contributed by atoms with Gasteiger partial charge in [-0.1, -0.05) is 6.07 Å². The van der Waals surface area contributed by atoms with Crippen LogP contribution in [0, 0.1) is 21.7 Å². The van der Waals surface area contributed by atoms with Gasteiger partial charge in [-0.05, 0) is 36.8 Å². The first kappa shape index (κ1) is 18.7. The van der Waals surface area contributed by atoms with Crippen molar-refractivity contribution in [1.29, 1.82) is 0 Å². The molecular formula is C15H14F2N2O5S. The Morgan fingerprint density at radius 3 is 2.40 bits per heavy atom. The van der Waals surface area contributed by atoms with E-state index in [1.807, 2.05) is 0 Å². The lowest BCUT2D eigenvalue weighted by molar-refractivity contribution is -0.387. The van der Waals surface area contributed by atoms with Crippen molar-refractivity contribution in [3.63, 3.8) is 0 Å². The van der Waals surface area contributed by atoms with Crippen molar-refractivity contribution in [2.75, 3.05) is 7.11 Å². The van der Waals surface area contributed by atoms with Gasteiger partial charge in [-0.15, -0.1) is 0 Å². The summed E-state index contributed by atoms with van der Waals surface area (Å²) in [5, 5.41) is 11.1. The maximum absolute atomic E-state index is 13.3. The van der Waals surface area contributed by atoms with Crippen LogP contribution in [0.4, 0.5) is 14.5 Å². The molecule has 0 radical (unpaired) electrons. The van der Waals surface area contributed by atoms with Crippen LogP contribution in [-0.2, 0) is 10.0 Å². The van der Waals surface area contributed by atoms with Crippen LogP contribution in [0.1, 0.15) is 18.5 Å². The van der Waals surface area contributed by atoms with E-state index in [0.717, 1.165) is 24.3 Å². The van der Waals surface area contributed by atoms with Gasteiger partial charge in [0.1, 0.15) is 5.75 Å². The summed E-state index contributed by atoms with van der Waals surface area (Å²) < 4.78 is 58.3. The van der Waals surface area contributed by atoms with Gasteiger partial charge in [-0.3, -0.25) is 10.1 Å². The first-order valence-corrected chi connectivity index (χ1v) is 8.43. The SMILES string of the molecule is COc1ccc(S(=O)(=O)NC(C)c2ccc(F)c(F)c2)c([N+](=O)[O-])c1. The molecule has 2 rings (SSSR count). The van der Waals surface area contributed by atoms with Gasteiger partial charge < -0.3 is 4.74 Å². The molecule has 0 aromatic heterocycles. The summed E-state index contributed by atoms with van der Waals surface area (Å²) in [7, 11) is -3.01. The molecule has 0 spiro atoms. The number of nitro benzene ring substituents is 1. The van der Waals surface area contributed by atoms with E-state index < -0.39 is 43.2 Å². The smallest absolute Gasteiger partial charge is 0.293 e. The first-order chi connectivity index (χ1) is 11.7. The maximum Gasteiger partial charge on any atom is 0.293 e. The standard InChI is InChI=1S/C15H14F2N2O5S/c1-9(10-3-5-12(16)13(17)7-10)18-25(22,23)15-6-4-11(24-2)8-14(15)19(20)21/h3-9,18H,1-2H3. The third-order valence-electron chi connectivity index (χ3n) is 3.43. The molecule has 0 saturated carbocycles. The summed E-state index contributed by atoms with van der Waals surface area (Å²) >= 11 is 0. The predicted molar refractivity (Wildman–Crippen MR) is 84.7 cm³/mol. The van der Waals surface area contributed by atoms with Gasteiger partial charge in [0, 0.05) is 6.04 Å². The number of ether oxygens (including phenoxy) is 1. The highest BCUT2D eigenvalue weighted by Crippen LogP contribution is 2.29. The summed E-state index contributed by atoms with van der Waals surface area (Å²) in [6, 6.07) is 5.28. The number of benzene rings is 2. The van der Waals surface area contributed by atoms with Crippen LogP contribution in [0.5, 0.6) is 5.75 Å². The Morgan fingerprint density at radius 1 is 1.16 bits per heavy atom. The molecule has 25 heavy (non-hydrogen) atoms. The number of hydrogen-bond acceptors (Lipinski definition) is 5. The van der Waals surface area contributed by atoms with Gasteiger partial charge in [0.15, 0.2) is 16.5 Å². The highest BCUT2D eigenvalue weighted by molar-refractivity contribution is 7.89. The molecule has 0 bridgehead atoms. The molecule has 7 nitrogen and oxygen atoms in total. The first-order valence-electron chi connectivity index (χ1n) is 6.95. The molecule has 1 N–H and O–H groups in total. The van der Waals surface area contributed by atoms with Gasteiger partial charge >= 0.3 is 0 Å². The number of sulfonamides is 1. The van der Waals surface area contributed by atoms with Crippen LogP contribution in [0.3, 0.4) is 0 Å². The zero-order valence-corrected chi connectivity index (χ0v) is 14.0. The highest BCUT2D eigenvalue weighted by atomic mass is 32.2. The minimum atomic E-state index is -4.29. The molecule has 10 heteroatoms. The summed E-state index contributed by atoms with van der Waals surface area (Å²) in [4.78, 5) is 9.73. The van der Waals surface area contributed by atoms with Gasteiger partial charge in [0.05, 0.1) is 18.1 Å². The molecule has 134 valence electrons. The molecule has 0 saturated heterocycles. The van der Waals surface area contributed by atoms with Crippen LogP contribution >= 0.6 is 0 Å². The normalized spacial score (nSPS) is 12.6. The highest BCUT2D eigenvalue weighted by Gasteiger charge is 2.28. The number of halogens is 2. The molecule has 0 aliphatic heterocycles. The van der Waals surface area contributed by atoms with E-state index in [1.165, 1.54) is 26.2 Å². The minimum absolute atomic E-state index is 0.124. The van der Waals surface area contributed by atoms with Crippen LogP contribution < -0.4 is 9.46 Å². The largest absolute Gasteiger partial charge is 0.497 e. The topological polar surface area (TPSA) is 98.5 Å². The average molecular weight is 372 g/mol. The molecule has 2 aromatic rings. The number of rotatable bonds is 6. The summed E-state index contributed by atoms with van der Waals surface area (Å²) in [6.07, 6.45) is 0. The van der Waals surface area contributed by atoms with E-state index in [1.54, 1.807) is 0 Å². The second-order valence-corrected chi connectivity index (χ2v) is 6.79. The Labute approximate surface area is 142 Å². The molecule has 1 unspecified atom stereocenters. The molecule has 0 amide bonds. The molecule has 0 aliphatic rings. The third kappa shape index (κ3) is 4.09. The number of nitro groups is 1. The van der Waals surface area contributed by atoms with E-state index in [2.05, 4.69) is 4.72 Å². The van der Waals surface area contributed by atoms with Crippen molar-refractivity contribution in [3.8, 4) is 5.75 Å². The Balaban J connectivity index is 2.38. The minimum Gasteiger partial charge on any atom is -0.497 e. The number of hydrogen-bond donors (Lipinski definition) is 1. The van der Waals surface area contributed by atoms with E-state index in [-0.39, 0.29) is 11.3 Å². The summed E-state index contributed by atoms with van der Waals surface area (Å²) in [5.41, 5.74) is -0.497. The lowest BCUT2D eigenvalue weighted by Gasteiger charge is -2.15. The van der Waals surface area contributed by atoms with E-state index in [4.69, 9.17) is 4.74 Å². The zero-order valence-electron chi connectivity index (χ0n) is 13.2.